The van der Waals surface area contributed by atoms with Gasteiger partial charge in [0.25, 0.3) is 5.91 Å². The molecule has 0 N–H and O–H groups in total. The standard InChI is InChI=1S/C19H23N3O2/c1-14-11-20-21(12-14)13-16-7-4-5-9-22(16)19(23)18-10-15-6-2-3-8-17(15)24-18/h2-3,6,8,11-12,16,18H,4-5,7,9-10,13H2,1H3/t16-,18-/m1/s1. The first kappa shape index (κ1) is 15.2. The topological polar surface area (TPSA) is 47.4 Å². The molecule has 0 radical (unpaired) electrons. The number of likely N-dealkylation sites (tertiary alicyclic amines) is 1. The van der Waals surface area contributed by atoms with Crippen LogP contribution in [-0.4, -0.2) is 39.3 Å². The lowest BCUT2D eigenvalue weighted by Gasteiger charge is -2.37. The number of hydrogen-bond acceptors (Lipinski definition) is 3. The Labute approximate surface area is 142 Å². The zero-order chi connectivity index (χ0) is 16.5. The van der Waals surface area contributed by atoms with Gasteiger partial charge in [-0.3, -0.25) is 9.48 Å². The van der Waals surface area contributed by atoms with E-state index in [0.29, 0.717) is 6.42 Å². The van der Waals surface area contributed by atoms with Gasteiger partial charge >= 0.3 is 0 Å². The molecule has 1 amide bonds. The molecule has 2 aliphatic rings. The summed E-state index contributed by atoms with van der Waals surface area (Å²) in [4.78, 5) is 15.1. The van der Waals surface area contributed by atoms with Crippen LogP contribution < -0.4 is 4.74 Å². The van der Waals surface area contributed by atoms with E-state index in [2.05, 4.69) is 5.10 Å². The Kier molecular flexibility index (Phi) is 4.00. The second kappa shape index (κ2) is 6.30. The van der Waals surface area contributed by atoms with Crippen LogP contribution in [0.1, 0.15) is 30.4 Å². The summed E-state index contributed by atoms with van der Waals surface area (Å²) >= 11 is 0. The Hall–Kier alpha value is -2.30. The first-order chi connectivity index (χ1) is 11.7. The van der Waals surface area contributed by atoms with Crippen LogP contribution >= 0.6 is 0 Å². The summed E-state index contributed by atoms with van der Waals surface area (Å²) < 4.78 is 7.87. The van der Waals surface area contributed by atoms with E-state index in [4.69, 9.17) is 4.74 Å². The maximum Gasteiger partial charge on any atom is 0.264 e. The van der Waals surface area contributed by atoms with Crippen LogP contribution in [0.4, 0.5) is 0 Å². The van der Waals surface area contributed by atoms with Crippen molar-refractivity contribution in [2.24, 2.45) is 0 Å². The predicted octanol–water partition coefficient (Wildman–Crippen LogP) is 2.58. The molecule has 1 aromatic carbocycles. The van der Waals surface area contributed by atoms with E-state index in [0.717, 1.165) is 42.8 Å². The molecular weight excluding hydrogens is 302 g/mol. The highest BCUT2D eigenvalue weighted by Gasteiger charge is 2.36. The molecule has 1 aromatic heterocycles. The Bertz CT molecular complexity index is 715. The monoisotopic (exact) mass is 325 g/mol. The predicted molar refractivity (Wildman–Crippen MR) is 90.9 cm³/mol. The van der Waals surface area contributed by atoms with Crippen LogP contribution in [0, 0.1) is 6.92 Å². The summed E-state index contributed by atoms with van der Waals surface area (Å²) in [6, 6.07) is 8.15. The molecule has 126 valence electrons. The molecule has 2 atom stereocenters. The minimum absolute atomic E-state index is 0.125. The summed E-state index contributed by atoms with van der Waals surface area (Å²) in [6.45, 7) is 3.62. The Morgan fingerprint density at radius 2 is 2.21 bits per heavy atom. The molecule has 0 spiro atoms. The van der Waals surface area contributed by atoms with Gasteiger partial charge in [-0.1, -0.05) is 18.2 Å². The lowest BCUT2D eigenvalue weighted by atomic mass is 10.0. The third kappa shape index (κ3) is 2.90. The fraction of sp³-hybridized carbons (Fsp3) is 0.474. The molecule has 0 bridgehead atoms. The molecule has 5 nitrogen and oxygen atoms in total. The molecular formula is C19H23N3O2. The number of para-hydroxylation sites is 1. The summed E-state index contributed by atoms with van der Waals surface area (Å²) in [6.07, 6.45) is 7.48. The minimum atomic E-state index is -0.373. The number of nitrogens with zero attached hydrogens (tertiary/aromatic N) is 3. The van der Waals surface area contributed by atoms with E-state index in [1.807, 2.05) is 53.2 Å². The summed E-state index contributed by atoms with van der Waals surface area (Å²) in [5.41, 5.74) is 2.28. The number of hydrogen-bond donors (Lipinski definition) is 0. The number of benzene rings is 1. The molecule has 0 unspecified atom stereocenters. The Morgan fingerprint density at radius 1 is 1.33 bits per heavy atom. The van der Waals surface area contributed by atoms with Crippen LogP contribution in [0.2, 0.25) is 0 Å². The summed E-state index contributed by atoms with van der Waals surface area (Å²) in [7, 11) is 0. The quantitative estimate of drug-likeness (QED) is 0.871. The van der Waals surface area contributed by atoms with Gasteiger partial charge in [0.1, 0.15) is 5.75 Å². The number of ether oxygens (including phenoxy) is 1. The highest BCUT2D eigenvalue weighted by Crippen LogP contribution is 2.30. The zero-order valence-corrected chi connectivity index (χ0v) is 14.0. The molecule has 5 heteroatoms. The van der Waals surface area contributed by atoms with Gasteiger partial charge in [-0.2, -0.15) is 5.10 Å². The van der Waals surface area contributed by atoms with Crippen molar-refractivity contribution in [3.63, 3.8) is 0 Å². The van der Waals surface area contributed by atoms with Crippen LogP contribution in [0.3, 0.4) is 0 Å². The van der Waals surface area contributed by atoms with Crippen molar-refractivity contribution in [3.05, 3.63) is 47.8 Å². The number of rotatable bonds is 3. The van der Waals surface area contributed by atoms with E-state index in [1.54, 1.807) is 0 Å². The van der Waals surface area contributed by atoms with Crippen molar-refractivity contribution in [2.75, 3.05) is 6.54 Å². The number of carbonyl (C=O) groups is 1. The first-order valence-corrected chi connectivity index (χ1v) is 8.75. The SMILES string of the molecule is Cc1cnn(C[C@H]2CCCCN2C(=O)[C@H]2Cc3ccccc3O2)c1. The van der Waals surface area contributed by atoms with Gasteiger partial charge in [-0.15, -0.1) is 0 Å². The number of piperidine rings is 1. The maximum atomic E-state index is 13.0. The normalized spacial score (nSPS) is 23.0. The third-order valence-corrected chi connectivity index (χ3v) is 4.99. The molecule has 1 saturated heterocycles. The molecule has 2 aliphatic heterocycles. The highest BCUT2D eigenvalue weighted by molar-refractivity contribution is 5.83. The molecule has 2 aromatic rings. The number of amides is 1. The second-order valence-electron chi connectivity index (χ2n) is 6.84. The fourth-order valence-electron chi connectivity index (χ4n) is 3.77. The van der Waals surface area contributed by atoms with E-state index in [1.165, 1.54) is 6.42 Å². The first-order valence-electron chi connectivity index (χ1n) is 8.75. The van der Waals surface area contributed by atoms with Gasteiger partial charge in [-0.05, 0) is 43.4 Å². The van der Waals surface area contributed by atoms with Crippen LogP contribution in [0.15, 0.2) is 36.7 Å². The maximum absolute atomic E-state index is 13.0. The molecule has 0 saturated carbocycles. The van der Waals surface area contributed by atoms with Crippen molar-refractivity contribution in [2.45, 2.75) is 51.3 Å². The van der Waals surface area contributed by atoms with Gasteiger partial charge in [0.05, 0.1) is 18.8 Å². The van der Waals surface area contributed by atoms with Crippen LogP contribution in [0.5, 0.6) is 5.75 Å². The Balaban J connectivity index is 1.47. The highest BCUT2D eigenvalue weighted by atomic mass is 16.5. The van der Waals surface area contributed by atoms with E-state index >= 15 is 0 Å². The zero-order valence-electron chi connectivity index (χ0n) is 14.0. The minimum Gasteiger partial charge on any atom is -0.480 e. The van der Waals surface area contributed by atoms with E-state index in [9.17, 15) is 4.79 Å². The number of aryl methyl sites for hydroxylation is 1. The number of aromatic nitrogens is 2. The van der Waals surface area contributed by atoms with Gasteiger partial charge in [-0.25, -0.2) is 0 Å². The number of carbonyl (C=O) groups excluding carboxylic acids is 1. The van der Waals surface area contributed by atoms with Crippen molar-refractivity contribution in [1.82, 2.24) is 14.7 Å². The lowest BCUT2D eigenvalue weighted by molar-refractivity contribution is -0.142. The van der Waals surface area contributed by atoms with Crippen LogP contribution in [-0.2, 0) is 17.8 Å². The van der Waals surface area contributed by atoms with Gasteiger partial charge < -0.3 is 9.64 Å². The van der Waals surface area contributed by atoms with E-state index < -0.39 is 0 Å². The van der Waals surface area contributed by atoms with Crippen LogP contribution in [0.25, 0.3) is 0 Å². The lowest BCUT2D eigenvalue weighted by Crippen LogP contribution is -2.50. The van der Waals surface area contributed by atoms with Crippen molar-refractivity contribution in [1.29, 1.82) is 0 Å². The van der Waals surface area contributed by atoms with Gasteiger partial charge in [0.15, 0.2) is 6.10 Å². The average Bonchev–Trinajstić information content (AvgIpc) is 3.20. The molecule has 1 fully saturated rings. The second-order valence-corrected chi connectivity index (χ2v) is 6.84. The van der Waals surface area contributed by atoms with Crippen molar-refractivity contribution >= 4 is 5.91 Å². The van der Waals surface area contributed by atoms with Gasteiger partial charge in [0.2, 0.25) is 0 Å². The van der Waals surface area contributed by atoms with Crippen molar-refractivity contribution in [3.8, 4) is 5.75 Å². The smallest absolute Gasteiger partial charge is 0.264 e. The number of fused-ring (bicyclic) bond motifs is 1. The average molecular weight is 325 g/mol. The Morgan fingerprint density at radius 3 is 3.00 bits per heavy atom. The molecule has 0 aliphatic carbocycles. The summed E-state index contributed by atoms with van der Waals surface area (Å²) in [5, 5.41) is 4.38. The molecule has 3 heterocycles. The van der Waals surface area contributed by atoms with Gasteiger partial charge in [0, 0.05) is 19.2 Å². The van der Waals surface area contributed by atoms with Crippen molar-refractivity contribution < 1.29 is 9.53 Å². The fourth-order valence-corrected chi connectivity index (χ4v) is 3.77. The largest absolute Gasteiger partial charge is 0.480 e. The molecule has 4 rings (SSSR count). The third-order valence-electron chi connectivity index (χ3n) is 4.99. The summed E-state index contributed by atoms with van der Waals surface area (Å²) in [5.74, 6) is 0.979. The molecule has 24 heavy (non-hydrogen) atoms. The van der Waals surface area contributed by atoms with E-state index in [-0.39, 0.29) is 18.1 Å².